The number of hydrogen-bond donors (Lipinski definition) is 5. The lowest BCUT2D eigenvalue weighted by atomic mass is 10.0. The maximum atomic E-state index is 12.9. The Balaban J connectivity index is 1.30. The van der Waals surface area contributed by atoms with Gasteiger partial charge >= 0.3 is 0 Å². The van der Waals surface area contributed by atoms with E-state index in [0.717, 1.165) is 112 Å². The van der Waals surface area contributed by atoms with Gasteiger partial charge in [-0.25, -0.2) is 0 Å². The first-order valence-corrected chi connectivity index (χ1v) is 14.2. The van der Waals surface area contributed by atoms with Crippen molar-refractivity contribution in [1.82, 2.24) is 16.0 Å². The number of rotatable bonds is 20. The number of nitrogens with two attached hydrogens (primary N) is 1. The minimum absolute atomic E-state index is 0.0553. The van der Waals surface area contributed by atoms with Crippen molar-refractivity contribution in [1.29, 1.82) is 0 Å². The van der Waals surface area contributed by atoms with Gasteiger partial charge in [0.25, 0.3) is 5.91 Å². The van der Waals surface area contributed by atoms with E-state index in [4.69, 9.17) is 5.73 Å². The Bertz CT molecular complexity index is 996. The minimum atomic E-state index is -0.0670. The Morgan fingerprint density at radius 1 is 0.838 bits per heavy atom. The summed E-state index contributed by atoms with van der Waals surface area (Å²) in [6, 6.07) is 9.63. The van der Waals surface area contributed by atoms with Crippen molar-refractivity contribution in [3.05, 3.63) is 35.9 Å². The van der Waals surface area contributed by atoms with Crippen molar-refractivity contribution in [3.8, 4) is 0 Å². The average molecular weight is 511 g/mol. The third-order valence-electron chi connectivity index (χ3n) is 6.80. The topological polar surface area (TPSA) is 112 Å². The predicted molar refractivity (Wildman–Crippen MR) is 155 cm³/mol. The number of benzene rings is 2. The van der Waals surface area contributed by atoms with E-state index in [9.17, 15) is 9.59 Å². The Morgan fingerprint density at radius 2 is 1.49 bits per heavy atom. The maximum Gasteiger partial charge on any atom is 0.258 e. The van der Waals surface area contributed by atoms with Gasteiger partial charge in [0.2, 0.25) is 5.91 Å². The molecule has 1 aliphatic heterocycles. The molecule has 6 N–H and O–H groups in total. The third kappa shape index (κ3) is 8.78. The van der Waals surface area contributed by atoms with Crippen LogP contribution in [-0.4, -0.2) is 64.2 Å². The molecule has 8 heteroatoms. The van der Waals surface area contributed by atoms with E-state index in [1.54, 1.807) is 0 Å². The summed E-state index contributed by atoms with van der Waals surface area (Å²) < 4.78 is 0. The van der Waals surface area contributed by atoms with E-state index in [1.165, 1.54) is 12.8 Å². The van der Waals surface area contributed by atoms with Crippen LogP contribution < -0.4 is 31.9 Å². The SMILES string of the molecule is CCCCN1C(=O)c2cccc3c(NC(=O)CNCCCCNCCCCNCCCCN)ccc1c23. The smallest absolute Gasteiger partial charge is 0.258 e. The number of nitrogens with one attached hydrogen (secondary N) is 4. The molecule has 0 aromatic heterocycles. The van der Waals surface area contributed by atoms with Crippen molar-refractivity contribution < 1.29 is 9.59 Å². The standard InChI is InChI=1S/C29H46N6O2/c1-2-3-21-35-26-14-13-25(23-11-10-12-24(28(23)26)29(35)37)34-27(36)22-33-20-9-8-19-32-18-7-6-17-31-16-5-4-15-30/h10-14,31-33H,2-9,15-22,30H2,1H3,(H,34,36). The molecule has 0 saturated carbocycles. The highest BCUT2D eigenvalue weighted by molar-refractivity contribution is 6.27. The number of anilines is 2. The highest BCUT2D eigenvalue weighted by Gasteiger charge is 2.30. The van der Waals surface area contributed by atoms with Crippen molar-refractivity contribution >= 4 is 34.0 Å². The van der Waals surface area contributed by atoms with Gasteiger partial charge in [-0.1, -0.05) is 25.5 Å². The second-order valence-electron chi connectivity index (χ2n) is 9.81. The summed E-state index contributed by atoms with van der Waals surface area (Å²) in [5, 5.41) is 15.1. The maximum absolute atomic E-state index is 12.9. The fourth-order valence-corrected chi connectivity index (χ4v) is 4.73. The molecule has 2 amide bonds. The molecule has 2 aromatic rings. The van der Waals surface area contributed by atoms with Crippen molar-refractivity contribution in [2.75, 3.05) is 62.6 Å². The highest BCUT2D eigenvalue weighted by atomic mass is 16.2. The fourth-order valence-electron chi connectivity index (χ4n) is 4.73. The summed E-state index contributed by atoms with van der Waals surface area (Å²) >= 11 is 0. The minimum Gasteiger partial charge on any atom is -0.330 e. The van der Waals surface area contributed by atoms with E-state index in [1.807, 2.05) is 35.2 Å². The van der Waals surface area contributed by atoms with Gasteiger partial charge in [0, 0.05) is 28.6 Å². The molecule has 204 valence electrons. The van der Waals surface area contributed by atoms with Crippen LogP contribution in [0.15, 0.2) is 30.3 Å². The van der Waals surface area contributed by atoms with Crippen LogP contribution in [0.5, 0.6) is 0 Å². The molecule has 0 radical (unpaired) electrons. The molecule has 0 fully saturated rings. The summed E-state index contributed by atoms with van der Waals surface area (Å²) in [4.78, 5) is 27.3. The molecule has 2 aromatic carbocycles. The second kappa shape index (κ2) is 16.3. The lowest BCUT2D eigenvalue weighted by Crippen LogP contribution is -2.29. The Hall–Kier alpha value is -2.52. The third-order valence-corrected chi connectivity index (χ3v) is 6.80. The first-order valence-electron chi connectivity index (χ1n) is 14.2. The summed E-state index contributed by atoms with van der Waals surface area (Å²) in [5.74, 6) is -0.0117. The van der Waals surface area contributed by atoms with E-state index >= 15 is 0 Å². The molecule has 8 nitrogen and oxygen atoms in total. The Kier molecular flexibility index (Phi) is 12.8. The van der Waals surface area contributed by atoms with Gasteiger partial charge in [-0.2, -0.15) is 0 Å². The lowest BCUT2D eigenvalue weighted by molar-refractivity contribution is -0.115. The van der Waals surface area contributed by atoms with Crippen molar-refractivity contribution in [2.24, 2.45) is 5.73 Å². The highest BCUT2D eigenvalue weighted by Crippen LogP contribution is 2.40. The van der Waals surface area contributed by atoms with Gasteiger partial charge in [-0.15, -0.1) is 0 Å². The molecule has 1 heterocycles. The zero-order valence-corrected chi connectivity index (χ0v) is 22.5. The van der Waals surface area contributed by atoms with Crippen LogP contribution in [0.4, 0.5) is 11.4 Å². The summed E-state index contributed by atoms with van der Waals surface area (Å²) in [7, 11) is 0. The monoisotopic (exact) mass is 510 g/mol. The molecular formula is C29H46N6O2. The van der Waals surface area contributed by atoms with Crippen LogP contribution in [-0.2, 0) is 4.79 Å². The Labute approximate surface area is 222 Å². The van der Waals surface area contributed by atoms with Crippen molar-refractivity contribution in [2.45, 2.75) is 58.3 Å². The van der Waals surface area contributed by atoms with Gasteiger partial charge in [0.15, 0.2) is 0 Å². The molecule has 0 atom stereocenters. The molecule has 0 unspecified atom stereocenters. The lowest BCUT2D eigenvalue weighted by Gasteiger charge is -2.17. The van der Waals surface area contributed by atoms with E-state index < -0.39 is 0 Å². The second-order valence-corrected chi connectivity index (χ2v) is 9.81. The average Bonchev–Trinajstić information content (AvgIpc) is 3.18. The van der Waals surface area contributed by atoms with Crippen LogP contribution in [0.25, 0.3) is 10.8 Å². The number of unbranched alkanes of at least 4 members (excludes halogenated alkanes) is 4. The van der Waals surface area contributed by atoms with Crippen LogP contribution in [0.1, 0.15) is 68.6 Å². The number of nitrogens with zero attached hydrogens (tertiary/aromatic N) is 1. The van der Waals surface area contributed by atoms with Gasteiger partial charge in [-0.05, 0) is 102 Å². The molecular weight excluding hydrogens is 464 g/mol. The largest absolute Gasteiger partial charge is 0.330 e. The zero-order valence-electron chi connectivity index (χ0n) is 22.5. The first kappa shape index (κ1) is 29.0. The quantitative estimate of drug-likeness (QED) is 0.174. The summed E-state index contributed by atoms with van der Waals surface area (Å²) in [6.07, 6.45) is 8.76. The molecule has 37 heavy (non-hydrogen) atoms. The first-order chi connectivity index (χ1) is 18.2. The molecule has 0 saturated heterocycles. The molecule has 0 spiro atoms. The van der Waals surface area contributed by atoms with Crippen LogP contribution in [0.2, 0.25) is 0 Å². The van der Waals surface area contributed by atoms with E-state index in [0.29, 0.717) is 0 Å². The number of hydrogen-bond acceptors (Lipinski definition) is 6. The molecule has 3 rings (SSSR count). The van der Waals surface area contributed by atoms with Crippen LogP contribution >= 0.6 is 0 Å². The van der Waals surface area contributed by atoms with E-state index in [2.05, 4.69) is 28.2 Å². The number of amides is 2. The van der Waals surface area contributed by atoms with Crippen LogP contribution in [0, 0.1) is 0 Å². The fraction of sp³-hybridized carbons (Fsp3) is 0.586. The van der Waals surface area contributed by atoms with Gasteiger partial charge in [0.05, 0.1) is 12.2 Å². The molecule has 0 aliphatic carbocycles. The number of carbonyl (C=O) groups is 2. The van der Waals surface area contributed by atoms with Gasteiger partial charge < -0.3 is 31.9 Å². The van der Waals surface area contributed by atoms with Gasteiger partial charge in [-0.3, -0.25) is 9.59 Å². The van der Waals surface area contributed by atoms with E-state index in [-0.39, 0.29) is 18.4 Å². The van der Waals surface area contributed by atoms with Crippen molar-refractivity contribution in [3.63, 3.8) is 0 Å². The van der Waals surface area contributed by atoms with Crippen LogP contribution in [0.3, 0.4) is 0 Å². The Morgan fingerprint density at radius 3 is 2.14 bits per heavy atom. The number of carbonyl (C=O) groups excluding carboxylic acids is 2. The zero-order chi connectivity index (χ0) is 26.3. The summed E-state index contributed by atoms with van der Waals surface area (Å²) in [5.41, 5.74) is 7.92. The molecule has 0 bridgehead atoms. The molecule has 1 aliphatic rings. The van der Waals surface area contributed by atoms with Gasteiger partial charge in [0.1, 0.15) is 0 Å². The normalized spacial score (nSPS) is 12.6. The predicted octanol–water partition coefficient (Wildman–Crippen LogP) is 3.61. The summed E-state index contributed by atoms with van der Waals surface area (Å²) in [6.45, 7) is 8.92.